The summed E-state index contributed by atoms with van der Waals surface area (Å²) in [4.78, 5) is 17.1. The van der Waals surface area contributed by atoms with E-state index in [1.54, 1.807) is 12.1 Å². The molecule has 0 unspecified atom stereocenters. The first-order chi connectivity index (χ1) is 8.69. The van der Waals surface area contributed by atoms with Crippen LogP contribution in [0.15, 0.2) is 12.1 Å². The van der Waals surface area contributed by atoms with Crippen molar-refractivity contribution in [3.8, 4) is 0 Å². The number of anilines is 1. The molecule has 2 saturated heterocycles. The molecule has 1 aromatic heterocycles. The number of amides is 1. The number of carbonyl (C=O) groups excluding carboxylic acids is 1. The van der Waals surface area contributed by atoms with Crippen molar-refractivity contribution in [2.45, 2.75) is 18.5 Å². The van der Waals surface area contributed by atoms with Gasteiger partial charge in [-0.15, -0.1) is 0 Å². The highest BCUT2D eigenvalue weighted by Crippen LogP contribution is 2.30. The standard InChI is InChI=1S/C12H15FN4O/c1-14-12(18)9-2-3-10(11(13)16-9)17-6-7-4-8(17)5-15-7/h2-3,7-8,15H,4-6H2,1H3,(H,14,18)/t7-,8-/m0/s1. The Labute approximate surface area is 104 Å². The Morgan fingerprint density at radius 1 is 1.61 bits per heavy atom. The fourth-order valence-electron chi connectivity index (χ4n) is 2.75. The number of aromatic nitrogens is 1. The summed E-state index contributed by atoms with van der Waals surface area (Å²) in [7, 11) is 1.50. The number of hydrogen-bond acceptors (Lipinski definition) is 4. The average Bonchev–Trinajstić information content (AvgIpc) is 3.00. The number of nitrogens with one attached hydrogen (secondary N) is 2. The van der Waals surface area contributed by atoms with Crippen LogP contribution in [0.3, 0.4) is 0 Å². The summed E-state index contributed by atoms with van der Waals surface area (Å²) in [6.07, 6.45) is 1.05. The highest BCUT2D eigenvalue weighted by molar-refractivity contribution is 5.92. The van der Waals surface area contributed by atoms with Crippen LogP contribution in [0, 0.1) is 5.95 Å². The Kier molecular flexibility index (Phi) is 2.66. The number of piperazine rings is 1. The van der Waals surface area contributed by atoms with Crippen LogP contribution in [0.5, 0.6) is 0 Å². The molecule has 5 nitrogen and oxygen atoms in total. The van der Waals surface area contributed by atoms with Crippen LogP contribution in [0.4, 0.5) is 10.1 Å². The number of nitrogens with zero attached hydrogens (tertiary/aromatic N) is 2. The zero-order valence-corrected chi connectivity index (χ0v) is 10.1. The van der Waals surface area contributed by atoms with Gasteiger partial charge in [0.2, 0.25) is 5.95 Å². The van der Waals surface area contributed by atoms with E-state index in [-0.39, 0.29) is 11.6 Å². The lowest BCUT2D eigenvalue weighted by Crippen LogP contribution is -2.44. The van der Waals surface area contributed by atoms with Crippen molar-refractivity contribution in [1.82, 2.24) is 15.6 Å². The molecule has 0 aromatic carbocycles. The Hall–Kier alpha value is -1.69. The Bertz CT molecular complexity index is 493. The van der Waals surface area contributed by atoms with Gasteiger partial charge in [-0.1, -0.05) is 0 Å². The molecule has 0 aliphatic carbocycles. The summed E-state index contributed by atoms with van der Waals surface area (Å²) in [5.74, 6) is -0.936. The second-order valence-electron chi connectivity index (χ2n) is 4.73. The largest absolute Gasteiger partial charge is 0.362 e. The molecule has 2 aliphatic heterocycles. The molecular weight excluding hydrogens is 235 g/mol. The molecule has 3 heterocycles. The highest BCUT2D eigenvalue weighted by atomic mass is 19.1. The Morgan fingerprint density at radius 3 is 3.00 bits per heavy atom. The lowest BCUT2D eigenvalue weighted by molar-refractivity contribution is 0.0957. The van der Waals surface area contributed by atoms with Gasteiger partial charge in [0.15, 0.2) is 0 Å². The zero-order chi connectivity index (χ0) is 12.7. The van der Waals surface area contributed by atoms with Gasteiger partial charge in [0.05, 0.1) is 5.69 Å². The summed E-state index contributed by atoms with van der Waals surface area (Å²) in [5.41, 5.74) is 0.609. The Balaban J connectivity index is 1.87. The molecule has 6 heteroatoms. The van der Waals surface area contributed by atoms with Crippen LogP contribution in [0.1, 0.15) is 16.9 Å². The van der Waals surface area contributed by atoms with Crippen LogP contribution in [0.2, 0.25) is 0 Å². The topological polar surface area (TPSA) is 57.3 Å². The zero-order valence-electron chi connectivity index (χ0n) is 10.1. The van der Waals surface area contributed by atoms with Gasteiger partial charge in [-0.2, -0.15) is 4.39 Å². The van der Waals surface area contributed by atoms with Gasteiger partial charge < -0.3 is 15.5 Å². The van der Waals surface area contributed by atoms with Crippen molar-refractivity contribution in [3.63, 3.8) is 0 Å². The number of halogens is 1. The number of carbonyl (C=O) groups is 1. The first-order valence-electron chi connectivity index (χ1n) is 6.07. The molecule has 2 aliphatic rings. The smallest absolute Gasteiger partial charge is 0.269 e. The summed E-state index contributed by atoms with van der Waals surface area (Å²) in [6.45, 7) is 1.70. The van der Waals surface area contributed by atoms with E-state index in [2.05, 4.69) is 15.6 Å². The first kappa shape index (κ1) is 11.4. The molecule has 2 N–H and O–H groups in total. The number of rotatable bonds is 2. The third-order valence-electron chi connectivity index (χ3n) is 3.65. The number of pyridine rings is 1. The monoisotopic (exact) mass is 250 g/mol. The minimum Gasteiger partial charge on any atom is -0.362 e. The minimum absolute atomic E-state index is 0.112. The molecule has 2 atom stereocenters. The van der Waals surface area contributed by atoms with E-state index in [0.29, 0.717) is 17.8 Å². The molecule has 0 radical (unpaired) electrons. The van der Waals surface area contributed by atoms with Gasteiger partial charge in [-0.05, 0) is 18.6 Å². The van der Waals surface area contributed by atoms with Gasteiger partial charge in [0.25, 0.3) is 5.91 Å². The van der Waals surface area contributed by atoms with Gasteiger partial charge in [-0.3, -0.25) is 4.79 Å². The van der Waals surface area contributed by atoms with Crippen molar-refractivity contribution in [3.05, 3.63) is 23.8 Å². The second kappa shape index (κ2) is 4.20. The third-order valence-corrected chi connectivity index (χ3v) is 3.65. The predicted molar refractivity (Wildman–Crippen MR) is 65.1 cm³/mol. The van der Waals surface area contributed by atoms with E-state index < -0.39 is 5.95 Å². The molecule has 18 heavy (non-hydrogen) atoms. The molecule has 2 bridgehead atoms. The molecule has 0 saturated carbocycles. The van der Waals surface area contributed by atoms with Crippen LogP contribution in [0.25, 0.3) is 0 Å². The van der Waals surface area contributed by atoms with Gasteiger partial charge in [-0.25, -0.2) is 4.98 Å². The van der Waals surface area contributed by atoms with Crippen molar-refractivity contribution in [2.24, 2.45) is 0 Å². The normalized spacial score (nSPS) is 25.6. The molecule has 0 spiro atoms. The first-order valence-corrected chi connectivity index (χ1v) is 6.07. The second-order valence-corrected chi connectivity index (χ2v) is 4.73. The highest BCUT2D eigenvalue weighted by Gasteiger charge is 2.38. The van der Waals surface area contributed by atoms with Crippen LogP contribution in [-0.2, 0) is 0 Å². The fraction of sp³-hybridized carbons (Fsp3) is 0.500. The van der Waals surface area contributed by atoms with E-state index >= 15 is 0 Å². The lowest BCUT2D eigenvalue weighted by atomic mass is 10.2. The summed E-state index contributed by atoms with van der Waals surface area (Å²) in [5, 5.41) is 5.80. The maximum Gasteiger partial charge on any atom is 0.269 e. The SMILES string of the molecule is CNC(=O)c1ccc(N2C[C@@H]3C[C@H]2CN3)c(F)n1. The molecular formula is C12H15FN4O. The van der Waals surface area contributed by atoms with E-state index in [4.69, 9.17) is 0 Å². The Morgan fingerprint density at radius 2 is 2.44 bits per heavy atom. The molecule has 3 rings (SSSR count). The van der Waals surface area contributed by atoms with Crippen molar-refractivity contribution in [1.29, 1.82) is 0 Å². The summed E-state index contributed by atoms with van der Waals surface area (Å²) >= 11 is 0. The predicted octanol–water partition coefficient (Wildman–Crippen LogP) is 0.131. The summed E-state index contributed by atoms with van der Waals surface area (Å²) < 4.78 is 14.0. The van der Waals surface area contributed by atoms with Gasteiger partial charge in [0, 0.05) is 32.2 Å². The molecule has 1 aromatic rings. The lowest BCUT2D eigenvalue weighted by Gasteiger charge is -2.29. The molecule has 1 amide bonds. The van der Waals surface area contributed by atoms with Crippen LogP contribution >= 0.6 is 0 Å². The maximum atomic E-state index is 14.0. The van der Waals surface area contributed by atoms with Gasteiger partial charge in [0.1, 0.15) is 5.69 Å². The van der Waals surface area contributed by atoms with E-state index in [1.807, 2.05) is 4.90 Å². The van der Waals surface area contributed by atoms with Crippen LogP contribution < -0.4 is 15.5 Å². The number of hydrogen-bond donors (Lipinski definition) is 2. The van der Waals surface area contributed by atoms with Crippen molar-refractivity contribution in [2.75, 3.05) is 25.0 Å². The minimum atomic E-state index is -0.566. The summed E-state index contributed by atoms with van der Waals surface area (Å²) in [6, 6.07) is 4.01. The molecule has 2 fully saturated rings. The van der Waals surface area contributed by atoms with E-state index in [9.17, 15) is 9.18 Å². The molecule has 96 valence electrons. The fourth-order valence-corrected chi connectivity index (χ4v) is 2.75. The number of fused-ring (bicyclic) bond motifs is 2. The maximum absolute atomic E-state index is 14.0. The van der Waals surface area contributed by atoms with Crippen LogP contribution in [-0.4, -0.2) is 43.1 Å². The van der Waals surface area contributed by atoms with Crippen molar-refractivity contribution >= 4 is 11.6 Å². The van der Waals surface area contributed by atoms with Crippen molar-refractivity contribution < 1.29 is 9.18 Å². The van der Waals surface area contributed by atoms with Gasteiger partial charge >= 0.3 is 0 Å². The average molecular weight is 250 g/mol. The quantitative estimate of drug-likeness (QED) is 0.733. The van der Waals surface area contributed by atoms with E-state index in [0.717, 1.165) is 19.5 Å². The third kappa shape index (κ3) is 1.73. The van der Waals surface area contributed by atoms with E-state index in [1.165, 1.54) is 7.05 Å².